The van der Waals surface area contributed by atoms with Crippen LogP contribution >= 0.6 is 0 Å². The van der Waals surface area contributed by atoms with Gasteiger partial charge in [0, 0.05) is 6.07 Å². The van der Waals surface area contributed by atoms with E-state index in [0.29, 0.717) is 16.7 Å². The van der Waals surface area contributed by atoms with E-state index >= 15 is 0 Å². The molecule has 7 heteroatoms. The van der Waals surface area contributed by atoms with Gasteiger partial charge in [-0.2, -0.15) is 0 Å². The second-order valence-electron chi connectivity index (χ2n) is 6.93. The molecule has 154 valence electrons. The minimum atomic E-state index is -0.458. The van der Waals surface area contributed by atoms with E-state index in [2.05, 4.69) is 10.9 Å². The Labute approximate surface area is 173 Å². The van der Waals surface area contributed by atoms with Gasteiger partial charge >= 0.3 is 0 Å². The van der Waals surface area contributed by atoms with Crippen molar-refractivity contribution in [3.8, 4) is 28.4 Å². The molecule has 0 aromatic heterocycles. The Morgan fingerprint density at radius 2 is 1.63 bits per heavy atom. The van der Waals surface area contributed by atoms with Gasteiger partial charge in [0.1, 0.15) is 17.2 Å². The van der Waals surface area contributed by atoms with Crippen LogP contribution in [0.4, 0.5) is 0 Å². The Bertz CT molecular complexity index is 1080. The van der Waals surface area contributed by atoms with Crippen molar-refractivity contribution in [2.24, 2.45) is 0 Å². The van der Waals surface area contributed by atoms with Crippen molar-refractivity contribution in [1.82, 2.24) is 10.9 Å². The van der Waals surface area contributed by atoms with Crippen LogP contribution in [-0.2, 0) is 11.2 Å². The minimum Gasteiger partial charge on any atom is -0.508 e. The van der Waals surface area contributed by atoms with Crippen LogP contribution in [0.3, 0.4) is 0 Å². The summed E-state index contributed by atoms with van der Waals surface area (Å²) in [6.07, 6.45) is 0.0225. The van der Waals surface area contributed by atoms with E-state index < -0.39 is 5.78 Å². The molecule has 0 radical (unpaired) electrons. The molecular formula is C23H22N2O5. The number of phenols is 3. The molecule has 0 unspecified atom stereocenters. The van der Waals surface area contributed by atoms with Crippen LogP contribution in [0.2, 0.25) is 0 Å². The summed E-state index contributed by atoms with van der Waals surface area (Å²) in [7, 11) is 0. The molecule has 3 rings (SSSR count). The van der Waals surface area contributed by atoms with Gasteiger partial charge in [-0.15, -0.1) is 0 Å². The first-order chi connectivity index (χ1) is 14.3. The molecule has 1 amide bonds. The zero-order chi connectivity index (χ0) is 21.7. The number of hydrogen-bond acceptors (Lipinski definition) is 6. The lowest BCUT2D eigenvalue weighted by atomic mass is 9.95. The highest BCUT2D eigenvalue weighted by Gasteiger charge is 2.19. The molecule has 0 heterocycles. The third-order valence-electron chi connectivity index (χ3n) is 4.50. The molecule has 0 fully saturated rings. The maximum atomic E-state index is 12.7. The van der Waals surface area contributed by atoms with E-state index in [1.807, 2.05) is 19.1 Å². The van der Waals surface area contributed by atoms with Crippen LogP contribution in [0, 0.1) is 6.92 Å². The van der Waals surface area contributed by atoms with E-state index in [9.17, 15) is 24.9 Å². The fraction of sp³-hybridized carbons (Fsp3) is 0.130. The van der Waals surface area contributed by atoms with Crippen molar-refractivity contribution in [1.29, 1.82) is 0 Å². The molecule has 0 aliphatic rings. The van der Waals surface area contributed by atoms with Crippen LogP contribution in [0.1, 0.15) is 21.5 Å². The fourth-order valence-electron chi connectivity index (χ4n) is 3.07. The first kappa shape index (κ1) is 20.9. The molecular weight excluding hydrogens is 384 g/mol. The first-order valence-electron chi connectivity index (χ1n) is 9.29. The van der Waals surface area contributed by atoms with Gasteiger partial charge in [-0.25, -0.2) is 5.43 Å². The number of amides is 1. The molecule has 7 nitrogen and oxygen atoms in total. The summed E-state index contributed by atoms with van der Waals surface area (Å²) < 4.78 is 0. The predicted molar refractivity (Wildman–Crippen MR) is 112 cm³/mol. The highest BCUT2D eigenvalue weighted by atomic mass is 16.3. The average Bonchev–Trinajstić information content (AvgIpc) is 2.67. The molecule has 0 aliphatic heterocycles. The van der Waals surface area contributed by atoms with E-state index in [-0.39, 0.29) is 41.7 Å². The Balaban J connectivity index is 1.69. The van der Waals surface area contributed by atoms with Gasteiger partial charge in [-0.3, -0.25) is 15.0 Å². The zero-order valence-corrected chi connectivity index (χ0v) is 16.3. The van der Waals surface area contributed by atoms with Crippen molar-refractivity contribution in [2.45, 2.75) is 13.3 Å². The Morgan fingerprint density at radius 3 is 2.33 bits per heavy atom. The summed E-state index contributed by atoms with van der Waals surface area (Å²) >= 11 is 0. The van der Waals surface area contributed by atoms with E-state index in [4.69, 9.17) is 0 Å². The van der Waals surface area contributed by atoms with Crippen LogP contribution in [0.15, 0.2) is 60.7 Å². The van der Waals surface area contributed by atoms with Crippen molar-refractivity contribution in [3.63, 3.8) is 0 Å². The SMILES string of the molecule is Cc1ccc(-c2cc(O)cc(O)c2C(=O)CNNC(=O)Cc2cccc(O)c2)cc1. The summed E-state index contributed by atoms with van der Waals surface area (Å²) in [4.78, 5) is 24.8. The van der Waals surface area contributed by atoms with Crippen LogP contribution in [-0.4, -0.2) is 33.6 Å². The monoisotopic (exact) mass is 406 g/mol. The Morgan fingerprint density at radius 1 is 0.900 bits per heavy atom. The third-order valence-corrected chi connectivity index (χ3v) is 4.50. The number of rotatable bonds is 7. The predicted octanol–water partition coefficient (Wildman–Crippen LogP) is 2.83. The summed E-state index contributed by atoms with van der Waals surface area (Å²) in [6, 6.07) is 16.2. The quantitative estimate of drug-likeness (QED) is 0.304. The van der Waals surface area contributed by atoms with Crippen molar-refractivity contribution < 1.29 is 24.9 Å². The van der Waals surface area contributed by atoms with E-state index in [0.717, 1.165) is 11.6 Å². The molecule has 3 aromatic carbocycles. The normalized spacial score (nSPS) is 10.6. The molecule has 5 N–H and O–H groups in total. The van der Waals surface area contributed by atoms with Crippen LogP contribution in [0.5, 0.6) is 17.2 Å². The average molecular weight is 406 g/mol. The number of phenolic OH excluding ortho intramolecular Hbond substituents is 3. The number of carbonyl (C=O) groups excluding carboxylic acids is 2. The van der Waals surface area contributed by atoms with Gasteiger partial charge in [-0.05, 0) is 41.8 Å². The van der Waals surface area contributed by atoms with Gasteiger partial charge in [-0.1, -0.05) is 42.0 Å². The van der Waals surface area contributed by atoms with Crippen molar-refractivity contribution in [3.05, 3.63) is 77.4 Å². The van der Waals surface area contributed by atoms with Gasteiger partial charge in [0.15, 0.2) is 5.78 Å². The minimum absolute atomic E-state index is 0.0225. The van der Waals surface area contributed by atoms with E-state index in [1.54, 1.807) is 24.3 Å². The molecule has 0 atom stereocenters. The summed E-state index contributed by atoms with van der Waals surface area (Å²) in [5.41, 5.74) is 7.76. The maximum Gasteiger partial charge on any atom is 0.238 e. The summed E-state index contributed by atoms with van der Waals surface area (Å²) in [6.45, 7) is 1.67. The van der Waals surface area contributed by atoms with Gasteiger partial charge < -0.3 is 15.3 Å². The first-order valence-corrected chi connectivity index (χ1v) is 9.29. The molecule has 0 spiro atoms. The van der Waals surface area contributed by atoms with Gasteiger partial charge in [0.25, 0.3) is 0 Å². The summed E-state index contributed by atoms with van der Waals surface area (Å²) in [5, 5.41) is 29.6. The smallest absolute Gasteiger partial charge is 0.238 e. The number of nitrogens with one attached hydrogen (secondary N) is 2. The molecule has 30 heavy (non-hydrogen) atoms. The van der Waals surface area contributed by atoms with Gasteiger partial charge in [0.05, 0.1) is 18.5 Å². The molecule has 0 bridgehead atoms. The number of benzene rings is 3. The number of aryl methyl sites for hydroxylation is 1. The second kappa shape index (κ2) is 9.11. The Kier molecular flexibility index (Phi) is 6.34. The molecule has 0 aliphatic carbocycles. The molecule has 0 saturated carbocycles. The van der Waals surface area contributed by atoms with Gasteiger partial charge in [0.2, 0.25) is 5.91 Å². The number of Topliss-reactive ketones (excluding diaryl/α,β-unsaturated/α-hetero) is 1. The third kappa shape index (κ3) is 5.15. The van der Waals surface area contributed by atoms with Crippen molar-refractivity contribution >= 4 is 11.7 Å². The largest absolute Gasteiger partial charge is 0.508 e. The van der Waals surface area contributed by atoms with Crippen LogP contribution < -0.4 is 10.9 Å². The number of ketones is 1. The standard InChI is InChI=1S/C23H22N2O5/c1-14-5-7-16(8-6-14)19-11-18(27)12-20(28)23(19)21(29)13-24-25-22(30)10-15-3-2-4-17(26)9-15/h2-9,11-12,24,26-28H,10,13H2,1H3,(H,25,30). The molecule has 0 saturated heterocycles. The number of carbonyl (C=O) groups is 2. The number of aromatic hydroxyl groups is 3. The maximum absolute atomic E-state index is 12.7. The van der Waals surface area contributed by atoms with Crippen LogP contribution in [0.25, 0.3) is 11.1 Å². The fourth-order valence-corrected chi connectivity index (χ4v) is 3.07. The second-order valence-corrected chi connectivity index (χ2v) is 6.93. The zero-order valence-electron chi connectivity index (χ0n) is 16.3. The highest BCUT2D eigenvalue weighted by Crippen LogP contribution is 2.34. The highest BCUT2D eigenvalue weighted by molar-refractivity contribution is 6.06. The number of hydrogen-bond donors (Lipinski definition) is 5. The van der Waals surface area contributed by atoms with E-state index in [1.165, 1.54) is 18.2 Å². The Hall–Kier alpha value is -3.84. The topological polar surface area (TPSA) is 119 Å². The van der Waals surface area contributed by atoms with Crippen molar-refractivity contribution in [2.75, 3.05) is 6.54 Å². The lowest BCUT2D eigenvalue weighted by Crippen LogP contribution is -2.41. The summed E-state index contributed by atoms with van der Waals surface area (Å²) in [5.74, 6) is -1.28. The lowest BCUT2D eigenvalue weighted by molar-refractivity contribution is -0.121. The molecule has 3 aromatic rings. The number of hydrazine groups is 1. The lowest BCUT2D eigenvalue weighted by Gasteiger charge is -2.13.